The van der Waals surface area contributed by atoms with Crippen molar-refractivity contribution in [3.63, 3.8) is 0 Å². The van der Waals surface area contributed by atoms with Gasteiger partial charge in [-0.1, -0.05) is 34.8 Å². The zero-order chi connectivity index (χ0) is 22.7. The van der Waals surface area contributed by atoms with Crippen molar-refractivity contribution in [1.82, 2.24) is 19.6 Å². The Morgan fingerprint density at radius 1 is 0.875 bits per heavy atom. The predicted molar refractivity (Wildman–Crippen MR) is 126 cm³/mol. The summed E-state index contributed by atoms with van der Waals surface area (Å²) >= 11 is 3.44. The normalized spacial score (nSPS) is 21.6. The Labute approximate surface area is 198 Å². The first-order chi connectivity index (χ1) is 15.4. The third-order valence-electron chi connectivity index (χ3n) is 7.20. The standard InChI is InChI=1S/C24H33BrN4O3/c1-18(30)26-9-13-29(14-10-26)24(32)22(19-5-2-3-6-19)27-11-15-28(16-12-27)23(31)20-7-4-8-21(25)17-20/h4,7-8,17,19,22H,2-3,5-6,9-16H2,1H3. The molecule has 0 aromatic heterocycles. The molecule has 1 aliphatic carbocycles. The zero-order valence-corrected chi connectivity index (χ0v) is 20.4. The van der Waals surface area contributed by atoms with E-state index < -0.39 is 0 Å². The molecule has 2 saturated heterocycles. The van der Waals surface area contributed by atoms with E-state index >= 15 is 0 Å². The van der Waals surface area contributed by atoms with E-state index in [1.165, 1.54) is 12.8 Å². The molecule has 2 aliphatic heterocycles. The summed E-state index contributed by atoms with van der Waals surface area (Å²) in [4.78, 5) is 46.2. The average molecular weight is 505 g/mol. The van der Waals surface area contributed by atoms with E-state index in [-0.39, 0.29) is 23.8 Å². The van der Waals surface area contributed by atoms with Gasteiger partial charge in [0.05, 0.1) is 6.04 Å². The highest BCUT2D eigenvalue weighted by Gasteiger charge is 2.40. The van der Waals surface area contributed by atoms with Crippen molar-refractivity contribution in [2.45, 2.75) is 38.6 Å². The van der Waals surface area contributed by atoms with Gasteiger partial charge in [-0.3, -0.25) is 19.3 Å². The van der Waals surface area contributed by atoms with Crippen LogP contribution in [0.25, 0.3) is 0 Å². The summed E-state index contributed by atoms with van der Waals surface area (Å²) in [6.07, 6.45) is 4.57. The molecule has 1 unspecified atom stereocenters. The topological polar surface area (TPSA) is 64.2 Å². The molecule has 174 valence electrons. The van der Waals surface area contributed by atoms with Gasteiger partial charge in [0.25, 0.3) is 5.91 Å². The number of nitrogens with zero attached hydrogens (tertiary/aromatic N) is 4. The van der Waals surface area contributed by atoms with Crippen LogP contribution < -0.4 is 0 Å². The maximum atomic E-state index is 13.6. The van der Waals surface area contributed by atoms with Crippen LogP contribution in [0.15, 0.2) is 28.7 Å². The lowest BCUT2D eigenvalue weighted by molar-refractivity contribution is -0.144. The Bertz CT molecular complexity index is 841. The molecule has 0 bridgehead atoms. The van der Waals surface area contributed by atoms with E-state index in [4.69, 9.17) is 0 Å². The first-order valence-corrected chi connectivity index (χ1v) is 12.6. The van der Waals surface area contributed by atoms with E-state index in [0.29, 0.717) is 50.7 Å². The smallest absolute Gasteiger partial charge is 0.253 e. The van der Waals surface area contributed by atoms with E-state index in [2.05, 4.69) is 20.8 Å². The van der Waals surface area contributed by atoms with E-state index in [9.17, 15) is 14.4 Å². The van der Waals surface area contributed by atoms with Gasteiger partial charge >= 0.3 is 0 Å². The van der Waals surface area contributed by atoms with Crippen LogP contribution in [0.1, 0.15) is 43.0 Å². The summed E-state index contributed by atoms with van der Waals surface area (Å²) in [5.74, 6) is 0.734. The molecule has 3 fully saturated rings. The summed E-state index contributed by atoms with van der Waals surface area (Å²) in [6.45, 7) is 6.78. The molecule has 3 aliphatic rings. The van der Waals surface area contributed by atoms with Gasteiger partial charge in [-0.15, -0.1) is 0 Å². The predicted octanol–water partition coefficient (Wildman–Crippen LogP) is 2.46. The van der Waals surface area contributed by atoms with Crippen LogP contribution in [0.4, 0.5) is 0 Å². The van der Waals surface area contributed by atoms with Crippen molar-refractivity contribution in [1.29, 1.82) is 0 Å². The van der Waals surface area contributed by atoms with Crippen LogP contribution >= 0.6 is 15.9 Å². The molecule has 0 spiro atoms. The summed E-state index contributed by atoms with van der Waals surface area (Å²) in [5.41, 5.74) is 0.694. The number of hydrogen-bond donors (Lipinski definition) is 0. The van der Waals surface area contributed by atoms with Crippen LogP contribution in [0.5, 0.6) is 0 Å². The van der Waals surface area contributed by atoms with E-state index in [0.717, 1.165) is 30.4 Å². The Morgan fingerprint density at radius 3 is 2.06 bits per heavy atom. The Hall–Kier alpha value is -1.93. The van der Waals surface area contributed by atoms with Gasteiger partial charge in [0.2, 0.25) is 11.8 Å². The minimum absolute atomic E-state index is 0.0510. The molecule has 4 rings (SSSR count). The second-order valence-corrected chi connectivity index (χ2v) is 10.1. The van der Waals surface area contributed by atoms with Gasteiger partial charge < -0.3 is 14.7 Å². The van der Waals surface area contributed by atoms with E-state index in [1.807, 2.05) is 39.0 Å². The van der Waals surface area contributed by atoms with Gasteiger partial charge in [0.15, 0.2) is 0 Å². The Balaban J connectivity index is 1.40. The monoisotopic (exact) mass is 504 g/mol. The molecule has 7 nitrogen and oxygen atoms in total. The Morgan fingerprint density at radius 2 is 1.47 bits per heavy atom. The first-order valence-electron chi connectivity index (χ1n) is 11.8. The highest BCUT2D eigenvalue weighted by molar-refractivity contribution is 9.10. The van der Waals surface area contributed by atoms with Crippen LogP contribution in [-0.2, 0) is 9.59 Å². The molecule has 0 N–H and O–H groups in total. The molecule has 1 atom stereocenters. The number of rotatable bonds is 4. The number of carbonyl (C=O) groups is 3. The summed E-state index contributed by atoms with van der Waals surface area (Å²) in [6, 6.07) is 7.41. The third kappa shape index (κ3) is 5.17. The minimum Gasteiger partial charge on any atom is -0.339 e. The average Bonchev–Trinajstić information content (AvgIpc) is 3.33. The number of halogens is 1. The molecule has 0 radical (unpaired) electrons. The zero-order valence-electron chi connectivity index (χ0n) is 18.8. The lowest BCUT2D eigenvalue weighted by atomic mass is 9.94. The molecule has 32 heavy (non-hydrogen) atoms. The number of benzene rings is 1. The highest BCUT2D eigenvalue weighted by Crippen LogP contribution is 2.32. The van der Waals surface area contributed by atoms with Crippen molar-refractivity contribution < 1.29 is 14.4 Å². The van der Waals surface area contributed by atoms with Gasteiger partial charge in [0, 0.05) is 69.3 Å². The van der Waals surface area contributed by atoms with Crippen molar-refractivity contribution in [2.24, 2.45) is 5.92 Å². The number of hydrogen-bond acceptors (Lipinski definition) is 4. The maximum Gasteiger partial charge on any atom is 0.253 e. The summed E-state index contributed by atoms with van der Waals surface area (Å²) in [5, 5.41) is 0. The quantitative estimate of drug-likeness (QED) is 0.631. The van der Waals surface area contributed by atoms with Crippen LogP contribution in [0.2, 0.25) is 0 Å². The number of carbonyl (C=O) groups excluding carboxylic acids is 3. The van der Waals surface area contributed by atoms with Crippen LogP contribution in [-0.4, -0.2) is 95.7 Å². The van der Waals surface area contributed by atoms with Crippen molar-refractivity contribution in [2.75, 3.05) is 52.4 Å². The van der Waals surface area contributed by atoms with Gasteiger partial charge in [-0.05, 0) is 37.0 Å². The molecule has 1 aromatic carbocycles. The molecule has 3 amide bonds. The second kappa shape index (κ2) is 10.3. The first kappa shape index (κ1) is 23.2. The molecule has 8 heteroatoms. The largest absolute Gasteiger partial charge is 0.339 e. The van der Waals surface area contributed by atoms with Gasteiger partial charge in [0.1, 0.15) is 0 Å². The Kier molecular flexibility index (Phi) is 7.51. The molecule has 1 aromatic rings. The van der Waals surface area contributed by atoms with Gasteiger partial charge in [-0.2, -0.15) is 0 Å². The SMILES string of the molecule is CC(=O)N1CCN(C(=O)C(C2CCCC2)N2CCN(C(=O)c3cccc(Br)c3)CC2)CC1. The van der Waals surface area contributed by atoms with Crippen molar-refractivity contribution in [3.05, 3.63) is 34.3 Å². The molecule has 1 saturated carbocycles. The van der Waals surface area contributed by atoms with Crippen molar-refractivity contribution >= 4 is 33.7 Å². The van der Waals surface area contributed by atoms with E-state index in [1.54, 1.807) is 6.92 Å². The summed E-state index contributed by atoms with van der Waals surface area (Å²) < 4.78 is 0.902. The fourth-order valence-electron chi connectivity index (χ4n) is 5.37. The van der Waals surface area contributed by atoms with Crippen LogP contribution in [0, 0.1) is 5.92 Å². The minimum atomic E-state index is -0.107. The lowest BCUT2D eigenvalue weighted by Crippen LogP contribution is -2.60. The fourth-order valence-corrected chi connectivity index (χ4v) is 5.76. The highest BCUT2D eigenvalue weighted by atomic mass is 79.9. The van der Waals surface area contributed by atoms with Gasteiger partial charge in [-0.25, -0.2) is 0 Å². The van der Waals surface area contributed by atoms with Crippen LogP contribution in [0.3, 0.4) is 0 Å². The third-order valence-corrected chi connectivity index (χ3v) is 7.70. The molecule has 2 heterocycles. The fraction of sp³-hybridized carbons (Fsp3) is 0.625. The van der Waals surface area contributed by atoms with Crippen molar-refractivity contribution in [3.8, 4) is 0 Å². The molecular weight excluding hydrogens is 472 g/mol. The number of piperazine rings is 2. The lowest BCUT2D eigenvalue weighted by Gasteiger charge is -2.44. The number of amides is 3. The molecular formula is C24H33BrN4O3. The maximum absolute atomic E-state index is 13.6. The summed E-state index contributed by atoms with van der Waals surface area (Å²) in [7, 11) is 0. The second-order valence-electron chi connectivity index (χ2n) is 9.16.